The number of benzene rings is 8. The van der Waals surface area contributed by atoms with Crippen molar-refractivity contribution in [3.63, 3.8) is 0 Å². The normalized spacial score (nSPS) is 11.8. The molecule has 52 heavy (non-hydrogen) atoms. The van der Waals surface area contributed by atoms with E-state index >= 15 is 0 Å². The van der Waals surface area contributed by atoms with Gasteiger partial charge in [0, 0.05) is 49.6 Å². The highest BCUT2D eigenvalue weighted by Crippen LogP contribution is 2.45. The highest BCUT2D eigenvalue weighted by Gasteiger charge is 2.23. The summed E-state index contributed by atoms with van der Waals surface area (Å²) in [6.07, 6.45) is 0. The summed E-state index contributed by atoms with van der Waals surface area (Å²) < 4.78 is 15.1. The van der Waals surface area contributed by atoms with Crippen molar-refractivity contribution in [1.82, 2.24) is 9.55 Å². The lowest BCUT2D eigenvalue weighted by Crippen LogP contribution is -2.10. The number of oxazole rings is 1. The van der Waals surface area contributed by atoms with Crippen LogP contribution >= 0.6 is 0 Å². The Balaban J connectivity index is 1.21. The molecule has 0 radical (unpaired) electrons. The van der Waals surface area contributed by atoms with E-state index in [1.165, 1.54) is 27.1 Å². The third kappa shape index (κ3) is 4.33. The van der Waals surface area contributed by atoms with Gasteiger partial charge in [0.15, 0.2) is 5.58 Å². The molecule has 0 fully saturated rings. The predicted molar refractivity (Wildman–Crippen MR) is 213 cm³/mol. The standard InChI is InChI=1S/C47H29N3O2/c1-3-13-31(14-4-1)47-48-45-40(19-11-21-44(45)52-47)49(33-24-27-43-39(28-33)37-18-9-10-20-42(37)51-43)34-23-26-36-38-25-22-30-12-7-8-17-35(30)46(38)50(41(36)29-34)32-15-5-2-6-16-32/h1-29H. The number of anilines is 3. The third-order valence-electron chi connectivity index (χ3n) is 10.2. The summed E-state index contributed by atoms with van der Waals surface area (Å²) in [6.45, 7) is 0. The maximum Gasteiger partial charge on any atom is 0.227 e. The van der Waals surface area contributed by atoms with Gasteiger partial charge < -0.3 is 18.3 Å². The largest absolute Gasteiger partial charge is 0.456 e. The molecule has 0 saturated carbocycles. The molecule has 0 N–H and O–H groups in total. The van der Waals surface area contributed by atoms with Crippen LogP contribution in [0.15, 0.2) is 185 Å². The van der Waals surface area contributed by atoms with Crippen molar-refractivity contribution in [1.29, 1.82) is 0 Å². The molecule has 3 heterocycles. The molecule has 0 amide bonds. The Morgan fingerprint density at radius 2 is 1.15 bits per heavy atom. The maximum atomic E-state index is 6.40. The molecule has 8 aromatic carbocycles. The van der Waals surface area contributed by atoms with Gasteiger partial charge in [0.05, 0.1) is 16.7 Å². The second-order valence-corrected chi connectivity index (χ2v) is 13.2. The Hall–Kier alpha value is -7.11. The summed E-state index contributed by atoms with van der Waals surface area (Å²) in [4.78, 5) is 7.42. The Labute approximate surface area is 298 Å². The van der Waals surface area contributed by atoms with Gasteiger partial charge in [0.2, 0.25) is 5.89 Å². The Bertz CT molecular complexity index is 3140. The SMILES string of the molecule is c1ccc(-c2nc3c(N(c4ccc5oc6ccccc6c5c4)c4ccc5c6ccc7ccccc7c6n(-c6ccccc6)c5c4)cccc3o2)cc1. The third-order valence-corrected chi connectivity index (χ3v) is 10.2. The van der Waals surface area contributed by atoms with Crippen LogP contribution in [0.4, 0.5) is 17.1 Å². The molecule has 0 aliphatic carbocycles. The van der Waals surface area contributed by atoms with Crippen molar-refractivity contribution < 1.29 is 8.83 Å². The molecule has 3 aromatic heterocycles. The van der Waals surface area contributed by atoms with Crippen LogP contribution in [0, 0.1) is 0 Å². The van der Waals surface area contributed by atoms with Crippen LogP contribution in [0.25, 0.3) is 82.8 Å². The average molecular weight is 668 g/mol. The molecule has 0 aliphatic rings. The summed E-state index contributed by atoms with van der Waals surface area (Å²) in [5.41, 5.74) is 10.5. The Morgan fingerprint density at radius 1 is 0.462 bits per heavy atom. The minimum Gasteiger partial charge on any atom is -0.456 e. The number of para-hydroxylation sites is 3. The lowest BCUT2D eigenvalue weighted by Gasteiger charge is -2.26. The van der Waals surface area contributed by atoms with Crippen molar-refractivity contribution in [3.8, 4) is 17.1 Å². The molecule has 11 aromatic rings. The van der Waals surface area contributed by atoms with E-state index in [4.69, 9.17) is 13.8 Å². The van der Waals surface area contributed by atoms with E-state index in [9.17, 15) is 0 Å². The zero-order valence-electron chi connectivity index (χ0n) is 27.9. The quantitative estimate of drug-likeness (QED) is 0.183. The van der Waals surface area contributed by atoms with Crippen LogP contribution in [-0.2, 0) is 0 Å². The Morgan fingerprint density at radius 3 is 2.04 bits per heavy atom. The number of aromatic nitrogens is 2. The molecule has 5 heteroatoms. The maximum absolute atomic E-state index is 6.40. The highest BCUT2D eigenvalue weighted by molar-refractivity contribution is 6.19. The summed E-state index contributed by atoms with van der Waals surface area (Å²) in [6, 6.07) is 61.4. The van der Waals surface area contributed by atoms with Crippen molar-refractivity contribution in [2.75, 3.05) is 4.90 Å². The summed E-state index contributed by atoms with van der Waals surface area (Å²) in [5.74, 6) is 0.589. The summed E-state index contributed by atoms with van der Waals surface area (Å²) in [7, 11) is 0. The van der Waals surface area contributed by atoms with Crippen LogP contribution < -0.4 is 4.90 Å². The zero-order valence-corrected chi connectivity index (χ0v) is 27.9. The van der Waals surface area contributed by atoms with E-state index in [1.54, 1.807) is 0 Å². The van der Waals surface area contributed by atoms with Gasteiger partial charge in [-0.05, 0) is 78.2 Å². The molecule has 0 aliphatic heterocycles. The predicted octanol–water partition coefficient (Wildman–Crippen LogP) is 13.1. The molecule has 0 saturated heterocycles. The van der Waals surface area contributed by atoms with Gasteiger partial charge in [0.25, 0.3) is 0 Å². The van der Waals surface area contributed by atoms with E-state index in [0.29, 0.717) is 5.89 Å². The molecule has 11 rings (SSSR count). The topological polar surface area (TPSA) is 47.3 Å². The molecule has 0 spiro atoms. The smallest absolute Gasteiger partial charge is 0.227 e. The van der Waals surface area contributed by atoms with E-state index in [0.717, 1.165) is 66.9 Å². The van der Waals surface area contributed by atoms with Crippen LogP contribution in [0.2, 0.25) is 0 Å². The second kappa shape index (κ2) is 11.2. The summed E-state index contributed by atoms with van der Waals surface area (Å²) in [5, 5.41) is 6.97. The summed E-state index contributed by atoms with van der Waals surface area (Å²) >= 11 is 0. The van der Waals surface area contributed by atoms with Crippen LogP contribution in [0.3, 0.4) is 0 Å². The number of fused-ring (bicyclic) bond motifs is 9. The van der Waals surface area contributed by atoms with E-state index in [-0.39, 0.29) is 0 Å². The molecular weight excluding hydrogens is 639 g/mol. The number of furan rings is 1. The van der Waals surface area contributed by atoms with Gasteiger partial charge in [-0.3, -0.25) is 0 Å². The monoisotopic (exact) mass is 667 g/mol. The van der Waals surface area contributed by atoms with Crippen LogP contribution in [-0.4, -0.2) is 9.55 Å². The zero-order chi connectivity index (χ0) is 34.2. The fraction of sp³-hybridized carbons (Fsp3) is 0. The first-order valence-electron chi connectivity index (χ1n) is 17.5. The number of rotatable bonds is 5. The lowest BCUT2D eigenvalue weighted by molar-refractivity contribution is 0.620. The molecule has 0 bridgehead atoms. The van der Waals surface area contributed by atoms with Gasteiger partial charge in [-0.15, -0.1) is 0 Å². The minimum atomic E-state index is 0.589. The number of nitrogens with zero attached hydrogens (tertiary/aromatic N) is 3. The van der Waals surface area contributed by atoms with Crippen molar-refractivity contribution in [2.24, 2.45) is 0 Å². The number of hydrogen-bond donors (Lipinski definition) is 0. The van der Waals surface area contributed by atoms with Crippen LogP contribution in [0.5, 0.6) is 0 Å². The van der Waals surface area contributed by atoms with E-state index in [1.807, 2.05) is 54.6 Å². The van der Waals surface area contributed by atoms with Gasteiger partial charge in [0.1, 0.15) is 16.7 Å². The number of hydrogen-bond acceptors (Lipinski definition) is 4. The van der Waals surface area contributed by atoms with Crippen molar-refractivity contribution in [2.45, 2.75) is 0 Å². The lowest BCUT2D eigenvalue weighted by atomic mass is 10.1. The average Bonchev–Trinajstić information content (AvgIpc) is 3.91. The molecule has 0 atom stereocenters. The van der Waals surface area contributed by atoms with Gasteiger partial charge >= 0.3 is 0 Å². The van der Waals surface area contributed by atoms with E-state index < -0.39 is 0 Å². The first kappa shape index (κ1) is 28.7. The fourth-order valence-electron chi connectivity index (χ4n) is 7.85. The first-order chi connectivity index (χ1) is 25.8. The van der Waals surface area contributed by atoms with Gasteiger partial charge in [-0.2, -0.15) is 0 Å². The molecular formula is C47H29N3O2. The minimum absolute atomic E-state index is 0.589. The molecule has 244 valence electrons. The second-order valence-electron chi connectivity index (χ2n) is 13.2. The first-order valence-corrected chi connectivity index (χ1v) is 17.5. The van der Waals surface area contributed by atoms with Crippen molar-refractivity contribution in [3.05, 3.63) is 176 Å². The molecule has 0 unspecified atom stereocenters. The van der Waals surface area contributed by atoms with Crippen molar-refractivity contribution >= 4 is 82.7 Å². The van der Waals surface area contributed by atoms with E-state index in [2.05, 4.69) is 131 Å². The van der Waals surface area contributed by atoms with Gasteiger partial charge in [-0.25, -0.2) is 4.98 Å². The highest BCUT2D eigenvalue weighted by atomic mass is 16.3. The fourth-order valence-corrected chi connectivity index (χ4v) is 7.85. The molecule has 5 nitrogen and oxygen atoms in total. The van der Waals surface area contributed by atoms with Gasteiger partial charge in [-0.1, -0.05) is 103 Å². The van der Waals surface area contributed by atoms with Crippen LogP contribution in [0.1, 0.15) is 0 Å². The Kier molecular flexibility index (Phi) is 6.18.